The quantitative estimate of drug-likeness (QED) is 0.181. The van der Waals surface area contributed by atoms with Gasteiger partial charge in [0.05, 0.1) is 21.2 Å². The first kappa shape index (κ1) is 37.8. The molecular weight excluding hydrogens is 712 g/mol. The summed E-state index contributed by atoms with van der Waals surface area (Å²) in [6.07, 6.45) is -7.59. The maximum Gasteiger partial charge on any atom is 0.402 e. The summed E-state index contributed by atoms with van der Waals surface area (Å²) in [5, 5.41) is 7.60. The smallest absolute Gasteiger partial charge is 0.402 e. The van der Waals surface area contributed by atoms with Crippen molar-refractivity contribution >= 4 is 68.2 Å². The van der Waals surface area contributed by atoms with Crippen LogP contribution >= 0.6 is 39.1 Å². The summed E-state index contributed by atoms with van der Waals surface area (Å²) in [6.45, 7) is 4.18. The molecule has 0 bridgehead atoms. The Morgan fingerprint density at radius 1 is 0.844 bits per heavy atom. The normalized spacial score (nSPS) is 11.3. The number of halogens is 8. The Balaban J connectivity index is 0.00000345. The van der Waals surface area contributed by atoms with E-state index in [-0.39, 0.29) is 39.7 Å². The van der Waals surface area contributed by atoms with Gasteiger partial charge in [-0.05, 0) is 83.9 Å². The van der Waals surface area contributed by atoms with Crippen LogP contribution in [-0.2, 0) is 11.3 Å². The summed E-state index contributed by atoms with van der Waals surface area (Å²) in [4.78, 5) is 38.3. The van der Waals surface area contributed by atoms with Crippen molar-refractivity contribution in [3.63, 3.8) is 0 Å². The van der Waals surface area contributed by atoms with Crippen molar-refractivity contribution in [1.29, 1.82) is 0 Å². The number of hydrogen-bond donors (Lipinski definition) is 3. The van der Waals surface area contributed by atoms with Gasteiger partial charge in [-0.3, -0.25) is 14.4 Å². The highest BCUT2D eigenvalue weighted by atomic mass is 79.9. The van der Waals surface area contributed by atoms with Gasteiger partial charge in [-0.15, -0.1) is 0 Å². The molecule has 0 fully saturated rings. The second kappa shape index (κ2) is 16.2. The molecule has 244 valence electrons. The molecule has 3 amide bonds. The van der Waals surface area contributed by atoms with E-state index in [1.165, 1.54) is 42.5 Å². The number of rotatable bonds is 10. The van der Waals surface area contributed by atoms with Crippen LogP contribution in [0.2, 0.25) is 10.0 Å². The Labute approximate surface area is 274 Å². The van der Waals surface area contributed by atoms with Crippen LogP contribution in [0.3, 0.4) is 0 Å². The first-order valence-electron chi connectivity index (χ1n) is 13.3. The van der Waals surface area contributed by atoms with E-state index >= 15 is 0 Å². The fourth-order valence-electron chi connectivity index (χ4n) is 3.42. The van der Waals surface area contributed by atoms with E-state index in [1.807, 2.05) is 13.8 Å². The molecule has 0 atom stereocenters. The highest BCUT2D eigenvalue weighted by Crippen LogP contribution is 2.37. The van der Waals surface area contributed by atoms with Gasteiger partial charge in [-0.25, -0.2) is 8.78 Å². The molecule has 0 radical (unpaired) electrons. The number of ether oxygens (including phenoxy) is 1. The Kier molecular flexibility index (Phi) is 13.6. The van der Waals surface area contributed by atoms with Gasteiger partial charge in [-0.2, -0.15) is 13.2 Å². The molecule has 3 aromatic carbocycles. The van der Waals surface area contributed by atoms with Crippen molar-refractivity contribution in [2.75, 3.05) is 17.2 Å². The maximum absolute atomic E-state index is 13.2. The van der Waals surface area contributed by atoms with Crippen molar-refractivity contribution in [1.82, 2.24) is 5.32 Å². The minimum Gasteiger partial charge on any atom is -0.487 e. The predicted molar refractivity (Wildman–Crippen MR) is 167 cm³/mol. The van der Waals surface area contributed by atoms with Gasteiger partial charge in [0.2, 0.25) is 5.91 Å². The third-order valence-electron chi connectivity index (χ3n) is 6.03. The van der Waals surface area contributed by atoms with Crippen LogP contribution in [0.5, 0.6) is 5.75 Å². The van der Waals surface area contributed by atoms with E-state index in [4.69, 9.17) is 27.9 Å². The first-order chi connectivity index (χ1) is 21.0. The summed E-state index contributed by atoms with van der Waals surface area (Å²) in [6, 6.07) is 12.3. The minimum absolute atomic E-state index is 0.00910. The molecule has 0 spiro atoms. The third kappa shape index (κ3) is 10.3. The number of hydrogen-bond acceptors (Lipinski definition) is 4. The van der Waals surface area contributed by atoms with E-state index in [9.17, 15) is 36.3 Å². The van der Waals surface area contributed by atoms with Crippen molar-refractivity contribution in [3.8, 4) is 5.75 Å². The van der Waals surface area contributed by atoms with Crippen LogP contribution in [-0.4, -0.2) is 36.9 Å². The van der Waals surface area contributed by atoms with Crippen molar-refractivity contribution in [3.05, 3.63) is 85.8 Å². The van der Waals surface area contributed by atoms with Crippen LogP contribution < -0.4 is 20.7 Å². The lowest BCUT2D eigenvalue weighted by molar-refractivity contribution is -0.211. The molecule has 15 heteroatoms. The van der Waals surface area contributed by atoms with Gasteiger partial charge < -0.3 is 20.7 Å². The molecule has 0 unspecified atom stereocenters. The zero-order valence-electron chi connectivity index (χ0n) is 24.3. The number of carbonyl (C=O) groups is 3. The summed E-state index contributed by atoms with van der Waals surface area (Å²) >= 11 is 15.5. The standard InChI is InChI=1S/C28H23BrCl2F5N3O4.C2H6/c1-27(2,28(34,35)36)26(42)37-12-14-3-7-20(30)17(9-14)24(40)38-15-5-8-22(43-13-23(32)33)18(10-15)25(41)39-16-4-6-19(29)21(31)11-16;1-2/h3-11,23H,12-13H2,1-2H3,(H,37,42)(H,38,40)(H,39,41);1-2H3. The lowest BCUT2D eigenvalue weighted by Crippen LogP contribution is -2.46. The lowest BCUT2D eigenvalue weighted by atomic mass is 9.91. The number of carbonyl (C=O) groups excluding carboxylic acids is 3. The molecule has 7 nitrogen and oxygen atoms in total. The lowest BCUT2D eigenvalue weighted by Gasteiger charge is -2.26. The van der Waals surface area contributed by atoms with E-state index in [2.05, 4.69) is 31.9 Å². The molecule has 0 aliphatic carbocycles. The minimum atomic E-state index is -4.77. The number of nitrogens with one attached hydrogen (secondary N) is 3. The number of alkyl halides is 5. The molecule has 0 saturated carbocycles. The SMILES string of the molecule is CC.CC(C)(C(=O)NCc1ccc(Cl)c(C(=O)Nc2ccc(OCC(F)F)c(C(=O)Nc3ccc(Br)c(Cl)c3)c2)c1)C(F)(F)F. The largest absolute Gasteiger partial charge is 0.487 e. The van der Waals surface area contributed by atoms with E-state index in [0.29, 0.717) is 15.2 Å². The van der Waals surface area contributed by atoms with Crippen LogP contribution in [0.4, 0.5) is 33.3 Å². The number of benzene rings is 3. The highest BCUT2D eigenvalue weighted by molar-refractivity contribution is 9.10. The fourth-order valence-corrected chi connectivity index (χ4v) is 4.05. The van der Waals surface area contributed by atoms with Gasteiger partial charge in [0.1, 0.15) is 17.8 Å². The Morgan fingerprint density at radius 3 is 2.00 bits per heavy atom. The zero-order valence-corrected chi connectivity index (χ0v) is 27.4. The number of amides is 3. The monoisotopic (exact) mass is 739 g/mol. The second-order valence-corrected chi connectivity index (χ2v) is 11.2. The van der Waals surface area contributed by atoms with E-state index in [1.54, 1.807) is 12.1 Å². The molecule has 45 heavy (non-hydrogen) atoms. The molecule has 0 saturated heterocycles. The molecule has 0 aliphatic heterocycles. The summed E-state index contributed by atoms with van der Waals surface area (Å²) in [5.41, 5.74) is -2.27. The average Bonchev–Trinajstić information content (AvgIpc) is 2.97. The zero-order chi connectivity index (χ0) is 34.1. The molecule has 0 aliphatic rings. The van der Waals surface area contributed by atoms with Crippen molar-refractivity contribution < 1.29 is 41.1 Å². The molecular formula is C30H29BrCl2F5N3O4. The van der Waals surface area contributed by atoms with Crippen LogP contribution in [0.15, 0.2) is 59.1 Å². The summed E-state index contributed by atoms with van der Waals surface area (Å²) in [7, 11) is 0. The van der Waals surface area contributed by atoms with E-state index < -0.39 is 42.3 Å². The van der Waals surface area contributed by atoms with Crippen molar-refractivity contribution in [2.45, 2.75) is 46.8 Å². The molecule has 3 N–H and O–H groups in total. The summed E-state index contributed by atoms with van der Waals surface area (Å²) in [5.74, 6) is -2.96. The Morgan fingerprint density at radius 2 is 1.42 bits per heavy atom. The van der Waals surface area contributed by atoms with Gasteiger partial charge in [0.15, 0.2) is 0 Å². The Hall–Kier alpha value is -3.42. The predicted octanol–water partition coefficient (Wildman–Crippen LogP) is 9.14. The maximum atomic E-state index is 13.2. The molecule has 0 aromatic heterocycles. The second-order valence-electron chi connectivity index (χ2n) is 9.57. The van der Waals surface area contributed by atoms with Crippen LogP contribution in [0, 0.1) is 5.41 Å². The topological polar surface area (TPSA) is 96.5 Å². The van der Waals surface area contributed by atoms with Crippen molar-refractivity contribution in [2.24, 2.45) is 5.41 Å². The van der Waals surface area contributed by atoms with Gasteiger partial charge >= 0.3 is 6.18 Å². The molecule has 3 aromatic rings. The van der Waals surface area contributed by atoms with Gasteiger partial charge in [-0.1, -0.05) is 43.1 Å². The third-order valence-corrected chi connectivity index (χ3v) is 7.59. The first-order valence-corrected chi connectivity index (χ1v) is 14.8. The van der Waals surface area contributed by atoms with E-state index in [0.717, 1.165) is 13.8 Å². The van der Waals surface area contributed by atoms with Gasteiger partial charge in [0, 0.05) is 22.4 Å². The highest BCUT2D eigenvalue weighted by Gasteiger charge is 2.52. The summed E-state index contributed by atoms with van der Waals surface area (Å²) < 4.78 is 70.8. The van der Waals surface area contributed by atoms with Crippen LogP contribution in [0.1, 0.15) is 54.0 Å². The average molecular weight is 741 g/mol. The molecule has 0 heterocycles. The van der Waals surface area contributed by atoms with Crippen LogP contribution in [0.25, 0.3) is 0 Å². The molecule has 3 rings (SSSR count). The fraction of sp³-hybridized carbons (Fsp3) is 0.300. The van der Waals surface area contributed by atoms with Gasteiger partial charge in [0.25, 0.3) is 18.2 Å². The Bertz CT molecular complexity index is 1540. The number of anilines is 2.